The molecule has 1 aliphatic heterocycles. The molecule has 2 unspecified atom stereocenters. The standard InChI is InChI=1S/C16H15NO3/c1-16(15(20-16)13-5-3-2-4-6-13)11-12-7-9-14(10-8-12)17(18)19/h2-10,15H,11H2,1H3. The molecule has 0 spiro atoms. The van der Waals surface area contributed by atoms with E-state index < -0.39 is 0 Å². The topological polar surface area (TPSA) is 55.7 Å². The van der Waals surface area contributed by atoms with E-state index in [0.29, 0.717) is 0 Å². The summed E-state index contributed by atoms with van der Waals surface area (Å²) in [6.45, 7) is 2.08. The van der Waals surface area contributed by atoms with E-state index in [1.165, 1.54) is 5.56 Å². The number of nitrogens with zero attached hydrogens (tertiary/aromatic N) is 1. The predicted octanol–water partition coefficient (Wildman–Crippen LogP) is 3.67. The second-order valence-corrected chi connectivity index (χ2v) is 5.32. The van der Waals surface area contributed by atoms with Crippen LogP contribution in [0.5, 0.6) is 0 Å². The van der Waals surface area contributed by atoms with Crippen LogP contribution in [0.15, 0.2) is 54.6 Å². The molecule has 1 aliphatic rings. The molecule has 4 heteroatoms. The summed E-state index contributed by atoms with van der Waals surface area (Å²) in [6.07, 6.45) is 0.865. The average molecular weight is 269 g/mol. The van der Waals surface area contributed by atoms with Crippen LogP contribution in [0.3, 0.4) is 0 Å². The van der Waals surface area contributed by atoms with Gasteiger partial charge in [-0.05, 0) is 18.1 Å². The highest BCUT2D eigenvalue weighted by molar-refractivity contribution is 5.35. The van der Waals surface area contributed by atoms with Gasteiger partial charge in [-0.2, -0.15) is 0 Å². The zero-order valence-electron chi connectivity index (χ0n) is 11.2. The van der Waals surface area contributed by atoms with Crippen LogP contribution in [0.1, 0.15) is 24.2 Å². The van der Waals surface area contributed by atoms with E-state index in [9.17, 15) is 10.1 Å². The van der Waals surface area contributed by atoms with Gasteiger partial charge in [0.05, 0.1) is 4.92 Å². The van der Waals surface area contributed by atoms with E-state index in [-0.39, 0.29) is 22.3 Å². The monoisotopic (exact) mass is 269 g/mol. The zero-order chi connectivity index (χ0) is 14.2. The summed E-state index contributed by atoms with van der Waals surface area (Å²) in [5.41, 5.74) is 2.14. The Morgan fingerprint density at radius 3 is 2.40 bits per heavy atom. The molecule has 3 rings (SSSR count). The maximum absolute atomic E-state index is 10.6. The highest BCUT2D eigenvalue weighted by Gasteiger charge is 2.52. The van der Waals surface area contributed by atoms with Gasteiger partial charge in [-0.25, -0.2) is 0 Å². The van der Waals surface area contributed by atoms with Gasteiger partial charge < -0.3 is 4.74 Å². The number of nitro benzene ring substituents is 1. The molecular formula is C16H15NO3. The Hall–Kier alpha value is -2.20. The smallest absolute Gasteiger partial charge is 0.269 e. The molecule has 0 saturated carbocycles. The summed E-state index contributed by atoms with van der Waals surface area (Å²) in [6, 6.07) is 16.8. The summed E-state index contributed by atoms with van der Waals surface area (Å²) in [5, 5.41) is 10.6. The van der Waals surface area contributed by atoms with E-state index in [0.717, 1.165) is 12.0 Å². The van der Waals surface area contributed by atoms with E-state index in [1.807, 2.05) is 18.2 Å². The van der Waals surface area contributed by atoms with Crippen molar-refractivity contribution in [1.29, 1.82) is 0 Å². The average Bonchev–Trinajstić information content (AvgIpc) is 3.12. The lowest BCUT2D eigenvalue weighted by Crippen LogP contribution is -2.10. The molecule has 2 atom stereocenters. The lowest BCUT2D eigenvalue weighted by atomic mass is 9.94. The highest BCUT2D eigenvalue weighted by atomic mass is 16.6. The highest BCUT2D eigenvalue weighted by Crippen LogP contribution is 2.51. The van der Waals surface area contributed by atoms with Gasteiger partial charge >= 0.3 is 0 Å². The Labute approximate surface area is 117 Å². The van der Waals surface area contributed by atoms with Crippen molar-refractivity contribution in [2.75, 3.05) is 0 Å². The van der Waals surface area contributed by atoms with Crippen molar-refractivity contribution in [3.63, 3.8) is 0 Å². The molecule has 1 fully saturated rings. The van der Waals surface area contributed by atoms with Crippen LogP contribution in [0.25, 0.3) is 0 Å². The molecule has 0 radical (unpaired) electrons. The maximum Gasteiger partial charge on any atom is 0.269 e. The molecule has 4 nitrogen and oxygen atoms in total. The molecule has 0 N–H and O–H groups in total. The zero-order valence-corrected chi connectivity index (χ0v) is 11.2. The van der Waals surface area contributed by atoms with Crippen molar-refractivity contribution >= 4 is 5.69 Å². The summed E-state index contributed by atoms with van der Waals surface area (Å²) < 4.78 is 5.84. The fourth-order valence-electron chi connectivity index (χ4n) is 2.56. The molecule has 2 aromatic rings. The third-order valence-corrected chi connectivity index (χ3v) is 3.69. The lowest BCUT2D eigenvalue weighted by molar-refractivity contribution is -0.384. The molecule has 2 aromatic carbocycles. The maximum atomic E-state index is 10.6. The minimum Gasteiger partial charge on any atom is -0.361 e. The van der Waals surface area contributed by atoms with Gasteiger partial charge in [0.1, 0.15) is 11.7 Å². The van der Waals surface area contributed by atoms with Crippen molar-refractivity contribution in [3.8, 4) is 0 Å². The molecule has 0 aliphatic carbocycles. The van der Waals surface area contributed by atoms with Gasteiger partial charge in [0.2, 0.25) is 0 Å². The van der Waals surface area contributed by atoms with Crippen molar-refractivity contribution in [2.45, 2.75) is 25.0 Å². The predicted molar refractivity (Wildman–Crippen MR) is 75.5 cm³/mol. The first-order valence-corrected chi connectivity index (χ1v) is 6.55. The molecule has 0 amide bonds. The first-order valence-electron chi connectivity index (χ1n) is 6.55. The number of rotatable bonds is 4. The Bertz CT molecular complexity index is 624. The van der Waals surface area contributed by atoms with Crippen LogP contribution in [0, 0.1) is 10.1 Å². The van der Waals surface area contributed by atoms with Gasteiger partial charge in [-0.1, -0.05) is 42.5 Å². The quantitative estimate of drug-likeness (QED) is 0.483. The Morgan fingerprint density at radius 2 is 1.80 bits per heavy atom. The largest absolute Gasteiger partial charge is 0.361 e. The minimum absolute atomic E-state index is 0.110. The normalized spacial score (nSPS) is 24.4. The molecule has 1 saturated heterocycles. The molecule has 20 heavy (non-hydrogen) atoms. The van der Waals surface area contributed by atoms with Crippen molar-refractivity contribution in [3.05, 3.63) is 75.8 Å². The Kier molecular flexibility index (Phi) is 3.03. The van der Waals surface area contributed by atoms with Crippen molar-refractivity contribution in [2.24, 2.45) is 0 Å². The van der Waals surface area contributed by atoms with Crippen LogP contribution < -0.4 is 0 Å². The van der Waals surface area contributed by atoms with Gasteiger partial charge in [-0.3, -0.25) is 10.1 Å². The summed E-state index contributed by atoms with van der Waals surface area (Å²) >= 11 is 0. The number of benzene rings is 2. The summed E-state index contributed by atoms with van der Waals surface area (Å²) in [4.78, 5) is 10.2. The number of hydrogen-bond donors (Lipinski definition) is 0. The number of ether oxygens (including phenoxy) is 1. The summed E-state index contributed by atoms with van der Waals surface area (Å²) in [5.74, 6) is 0. The Balaban J connectivity index is 1.71. The van der Waals surface area contributed by atoms with E-state index >= 15 is 0 Å². The SMILES string of the molecule is CC1(Cc2ccc([N+](=O)[O-])cc2)OC1c1ccccc1. The minimum atomic E-state index is -0.383. The van der Waals surface area contributed by atoms with Crippen molar-refractivity contribution in [1.82, 2.24) is 0 Å². The fraction of sp³-hybridized carbons (Fsp3) is 0.250. The van der Waals surface area contributed by atoms with Crippen LogP contribution in [0.4, 0.5) is 5.69 Å². The van der Waals surface area contributed by atoms with E-state index in [1.54, 1.807) is 24.3 Å². The van der Waals surface area contributed by atoms with Crippen LogP contribution in [-0.2, 0) is 11.2 Å². The van der Waals surface area contributed by atoms with Crippen LogP contribution in [0.2, 0.25) is 0 Å². The number of hydrogen-bond acceptors (Lipinski definition) is 3. The fourth-order valence-corrected chi connectivity index (χ4v) is 2.56. The molecule has 0 bridgehead atoms. The molecular weight excluding hydrogens is 254 g/mol. The second kappa shape index (κ2) is 4.72. The number of epoxide rings is 1. The third kappa shape index (κ3) is 2.42. The van der Waals surface area contributed by atoms with Crippen LogP contribution in [-0.4, -0.2) is 10.5 Å². The molecule has 102 valence electrons. The first-order chi connectivity index (χ1) is 9.58. The van der Waals surface area contributed by atoms with E-state index in [2.05, 4.69) is 19.1 Å². The van der Waals surface area contributed by atoms with Crippen LogP contribution >= 0.6 is 0 Å². The van der Waals surface area contributed by atoms with Gasteiger partial charge in [0.15, 0.2) is 0 Å². The summed E-state index contributed by atoms with van der Waals surface area (Å²) in [7, 11) is 0. The van der Waals surface area contributed by atoms with Gasteiger partial charge in [-0.15, -0.1) is 0 Å². The molecule has 1 heterocycles. The third-order valence-electron chi connectivity index (χ3n) is 3.69. The van der Waals surface area contributed by atoms with E-state index in [4.69, 9.17) is 4.74 Å². The number of non-ortho nitro benzene ring substituents is 1. The first kappa shape index (κ1) is 12.8. The second-order valence-electron chi connectivity index (χ2n) is 5.32. The lowest BCUT2D eigenvalue weighted by Gasteiger charge is -2.06. The van der Waals surface area contributed by atoms with Gasteiger partial charge in [0.25, 0.3) is 5.69 Å². The molecule has 0 aromatic heterocycles. The number of nitro groups is 1. The van der Waals surface area contributed by atoms with Crippen molar-refractivity contribution < 1.29 is 9.66 Å². The Morgan fingerprint density at radius 1 is 1.15 bits per heavy atom. The van der Waals surface area contributed by atoms with Gasteiger partial charge in [0, 0.05) is 18.6 Å².